The van der Waals surface area contributed by atoms with Crippen LogP contribution in [-0.4, -0.2) is 52.1 Å². The van der Waals surface area contributed by atoms with Crippen LogP contribution in [0, 0.1) is 13.8 Å². The number of carbonyl (C=O) groups excluding carboxylic acids is 2. The van der Waals surface area contributed by atoms with E-state index in [9.17, 15) is 9.59 Å². The molecule has 0 atom stereocenters. The summed E-state index contributed by atoms with van der Waals surface area (Å²) < 4.78 is 1.84. The van der Waals surface area contributed by atoms with Gasteiger partial charge in [0.2, 0.25) is 5.91 Å². The van der Waals surface area contributed by atoms with Crippen LogP contribution >= 0.6 is 0 Å². The third kappa shape index (κ3) is 3.55. The Labute approximate surface area is 142 Å². The Kier molecular flexibility index (Phi) is 5.21. The molecule has 0 bridgehead atoms. The van der Waals surface area contributed by atoms with Gasteiger partial charge >= 0.3 is 0 Å². The number of hydrogen-bond donors (Lipinski definition) is 1. The first-order valence-corrected chi connectivity index (χ1v) is 8.07. The third-order valence-electron chi connectivity index (χ3n) is 3.82. The van der Waals surface area contributed by atoms with Crippen LogP contribution in [0.2, 0.25) is 0 Å². The van der Waals surface area contributed by atoms with E-state index < -0.39 is 0 Å². The van der Waals surface area contributed by atoms with Crippen molar-refractivity contribution < 1.29 is 9.59 Å². The van der Waals surface area contributed by atoms with E-state index in [1.54, 1.807) is 20.2 Å². The van der Waals surface area contributed by atoms with Gasteiger partial charge in [-0.15, -0.1) is 0 Å². The number of nitrogens with one attached hydrogen (secondary N) is 1. The minimum Gasteiger partial charge on any atom is -0.351 e. The number of pyridine rings is 1. The summed E-state index contributed by atoms with van der Waals surface area (Å²) in [5.74, 6) is -0.223. The van der Waals surface area contributed by atoms with Crippen LogP contribution in [0.3, 0.4) is 0 Å². The predicted molar refractivity (Wildman–Crippen MR) is 93.0 cm³/mol. The van der Waals surface area contributed by atoms with E-state index in [1.807, 2.05) is 32.4 Å². The van der Waals surface area contributed by atoms with Gasteiger partial charge in [0.1, 0.15) is 0 Å². The van der Waals surface area contributed by atoms with Crippen LogP contribution in [0.15, 0.2) is 6.07 Å². The Balaban J connectivity index is 2.31. The van der Waals surface area contributed by atoms with Crippen molar-refractivity contribution in [2.24, 2.45) is 0 Å². The highest BCUT2D eigenvalue weighted by molar-refractivity contribution is 6.06. The molecular weight excluding hydrogens is 306 g/mol. The molecule has 2 rings (SSSR count). The maximum atomic E-state index is 12.6. The van der Waals surface area contributed by atoms with E-state index in [0.29, 0.717) is 12.1 Å². The second kappa shape index (κ2) is 6.98. The van der Waals surface area contributed by atoms with Gasteiger partial charge in [-0.3, -0.25) is 9.59 Å². The number of aryl methyl sites for hydroxylation is 2. The average molecular weight is 331 g/mol. The molecule has 2 amide bonds. The maximum absolute atomic E-state index is 12.6. The van der Waals surface area contributed by atoms with Crippen molar-refractivity contribution in [2.45, 2.75) is 40.2 Å². The molecular formula is C17H25N5O2. The van der Waals surface area contributed by atoms with Crippen LogP contribution < -0.4 is 5.32 Å². The summed E-state index contributed by atoms with van der Waals surface area (Å²) in [5.41, 5.74) is 2.82. The molecule has 0 spiro atoms. The zero-order valence-corrected chi connectivity index (χ0v) is 15.2. The lowest BCUT2D eigenvalue weighted by atomic mass is 10.1. The van der Waals surface area contributed by atoms with Gasteiger partial charge in [0.15, 0.2) is 5.65 Å². The van der Waals surface area contributed by atoms with E-state index in [0.717, 1.165) is 22.4 Å². The van der Waals surface area contributed by atoms with E-state index in [1.165, 1.54) is 4.90 Å². The van der Waals surface area contributed by atoms with Crippen LogP contribution in [0.4, 0.5) is 0 Å². The second-order valence-electron chi connectivity index (χ2n) is 6.43. The zero-order chi connectivity index (χ0) is 18.0. The van der Waals surface area contributed by atoms with E-state index in [4.69, 9.17) is 0 Å². The van der Waals surface area contributed by atoms with Gasteiger partial charge < -0.3 is 10.2 Å². The normalized spacial score (nSPS) is 11.1. The summed E-state index contributed by atoms with van der Waals surface area (Å²) in [4.78, 5) is 30.3. The highest BCUT2D eigenvalue weighted by Crippen LogP contribution is 2.24. The topological polar surface area (TPSA) is 80.1 Å². The highest BCUT2D eigenvalue weighted by Gasteiger charge is 2.19. The molecule has 0 saturated carbocycles. The first kappa shape index (κ1) is 17.9. The molecule has 0 aliphatic rings. The number of amides is 2. The minimum absolute atomic E-state index is 0.0184. The fourth-order valence-corrected chi connectivity index (χ4v) is 2.58. The van der Waals surface area contributed by atoms with E-state index in [-0.39, 0.29) is 24.3 Å². The van der Waals surface area contributed by atoms with Crippen molar-refractivity contribution in [1.29, 1.82) is 0 Å². The quantitative estimate of drug-likeness (QED) is 0.906. The molecule has 0 aliphatic heterocycles. The largest absolute Gasteiger partial charge is 0.351 e. The number of rotatable bonds is 5. The number of fused-ring (bicyclic) bond motifs is 1. The molecule has 0 unspecified atom stereocenters. The van der Waals surface area contributed by atoms with Crippen molar-refractivity contribution in [1.82, 2.24) is 25.0 Å². The average Bonchev–Trinajstić information content (AvgIpc) is 2.83. The number of aromatic nitrogens is 3. The Morgan fingerprint density at radius 1 is 1.29 bits per heavy atom. The van der Waals surface area contributed by atoms with Crippen molar-refractivity contribution >= 4 is 22.8 Å². The monoisotopic (exact) mass is 331 g/mol. The molecule has 7 heteroatoms. The van der Waals surface area contributed by atoms with Gasteiger partial charge in [0.25, 0.3) is 5.91 Å². The molecule has 2 heterocycles. The zero-order valence-electron chi connectivity index (χ0n) is 15.2. The lowest BCUT2D eigenvalue weighted by Crippen LogP contribution is -2.30. The summed E-state index contributed by atoms with van der Waals surface area (Å²) in [7, 11) is 3.40. The van der Waals surface area contributed by atoms with Gasteiger partial charge in [-0.1, -0.05) is 0 Å². The van der Waals surface area contributed by atoms with Crippen molar-refractivity contribution in [3.8, 4) is 0 Å². The van der Waals surface area contributed by atoms with Crippen molar-refractivity contribution in [3.05, 3.63) is 23.0 Å². The molecule has 24 heavy (non-hydrogen) atoms. The summed E-state index contributed by atoms with van der Waals surface area (Å²) in [6, 6.07) is 1.93. The van der Waals surface area contributed by atoms with Crippen LogP contribution in [-0.2, 0) is 4.79 Å². The van der Waals surface area contributed by atoms with Gasteiger partial charge in [0.05, 0.1) is 16.6 Å². The molecule has 0 aliphatic carbocycles. The Morgan fingerprint density at radius 2 is 1.96 bits per heavy atom. The maximum Gasteiger partial charge on any atom is 0.252 e. The molecule has 0 fully saturated rings. The fraction of sp³-hybridized carbons (Fsp3) is 0.529. The van der Waals surface area contributed by atoms with Crippen LogP contribution in [0.5, 0.6) is 0 Å². The Morgan fingerprint density at radius 3 is 2.54 bits per heavy atom. The van der Waals surface area contributed by atoms with E-state index >= 15 is 0 Å². The van der Waals surface area contributed by atoms with Crippen molar-refractivity contribution in [3.63, 3.8) is 0 Å². The standard InChI is InChI=1S/C17H25N5O2/c1-10(2)22-16-15(12(4)20-22)13(9-11(3)19-16)17(24)18-8-7-14(23)21(5)6/h9-10H,7-8H2,1-6H3,(H,18,24). The molecule has 2 aromatic rings. The van der Waals surface area contributed by atoms with Gasteiger partial charge in [-0.2, -0.15) is 5.10 Å². The van der Waals surface area contributed by atoms with Crippen LogP contribution in [0.1, 0.15) is 48.1 Å². The first-order chi connectivity index (χ1) is 11.2. The van der Waals surface area contributed by atoms with Gasteiger partial charge in [-0.25, -0.2) is 9.67 Å². The molecule has 0 radical (unpaired) electrons. The molecule has 7 nitrogen and oxygen atoms in total. The van der Waals surface area contributed by atoms with Gasteiger partial charge in [-0.05, 0) is 33.8 Å². The lowest BCUT2D eigenvalue weighted by molar-refractivity contribution is -0.128. The van der Waals surface area contributed by atoms with Gasteiger partial charge in [0, 0.05) is 38.8 Å². The summed E-state index contributed by atoms with van der Waals surface area (Å²) in [6.07, 6.45) is 0.274. The number of hydrogen-bond acceptors (Lipinski definition) is 4. The van der Waals surface area contributed by atoms with E-state index in [2.05, 4.69) is 15.4 Å². The first-order valence-electron chi connectivity index (χ1n) is 8.07. The number of nitrogens with zero attached hydrogens (tertiary/aromatic N) is 4. The lowest BCUT2D eigenvalue weighted by Gasteiger charge is -2.11. The highest BCUT2D eigenvalue weighted by atomic mass is 16.2. The molecule has 1 N–H and O–H groups in total. The number of carbonyl (C=O) groups is 2. The second-order valence-corrected chi connectivity index (χ2v) is 6.43. The summed E-state index contributed by atoms with van der Waals surface area (Å²) in [5, 5.41) is 8.11. The molecule has 130 valence electrons. The fourth-order valence-electron chi connectivity index (χ4n) is 2.58. The smallest absolute Gasteiger partial charge is 0.252 e. The third-order valence-corrected chi connectivity index (χ3v) is 3.82. The predicted octanol–water partition coefficient (Wildman–Crippen LogP) is 1.84. The van der Waals surface area contributed by atoms with Crippen LogP contribution in [0.25, 0.3) is 11.0 Å². The SMILES string of the molecule is Cc1cc(C(=O)NCCC(=O)N(C)C)c2c(C)nn(C(C)C)c2n1. The summed E-state index contributed by atoms with van der Waals surface area (Å²) in [6.45, 7) is 8.10. The Hall–Kier alpha value is -2.44. The van der Waals surface area contributed by atoms with Crippen molar-refractivity contribution in [2.75, 3.05) is 20.6 Å². The summed E-state index contributed by atoms with van der Waals surface area (Å²) >= 11 is 0. The minimum atomic E-state index is -0.205. The molecule has 0 saturated heterocycles. The molecule has 0 aromatic carbocycles. The Bertz CT molecular complexity index is 777. The molecule has 2 aromatic heterocycles.